The van der Waals surface area contributed by atoms with Crippen LogP contribution in [0.15, 0.2) is 42.6 Å². The standard InChI is InChI=1S/C23H26ClN5O3/c1-16-5-6-17(24)14-20(16)26-23(32)27-10-7-19(8-11-27)29-13-12-28(21(30)22(29)31)15-18-4-2-3-9-25-18/h2-6,9,14,19H,7-8,10-13,15H2,1H3,(H,26,32). The third-order valence-corrected chi connectivity index (χ3v) is 6.29. The van der Waals surface area contributed by atoms with Crippen LogP contribution in [0, 0.1) is 6.92 Å². The number of benzene rings is 1. The van der Waals surface area contributed by atoms with E-state index in [9.17, 15) is 14.4 Å². The van der Waals surface area contributed by atoms with Gasteiger partial charge in [0.2, 0.25) is 0 Å². The van der Waals surface area contributed by atoms with E-state index < -0.39 is 11.8 Å². The van der Waals surface area contributed by atoms with Gasteiger partial charge in [-0.25, -0.2) is 4.79 Å². The normalized spacial score (nSPS) is 17.6. The van der Waals surface area contributed by atoms with E-state index in [1.807, 2.05) is 31.2 Å². The molecule has 0 aliphatic carbocycles. The molecule has 168 valence electrons. The molecule has 0 spiro atoms. The zero-order chi connectivity index (χ0) is 22.7. The highest BCUT2D eigenvalue weighted by molar-refractivity contribution is 6.35. The van der Waals surface area contributed by atoms with Crippen molar-refractivity contribution in [1.82, 2.24) is 19.7 Å². The van der Waals surface area contributed by atoms with Crippen molar-refractivity contribution in [1.29, 1.82) is 0 Å². The number of amides is 4. The van der Waals surface area contributed by atoms with Crippen molar-refractivity contribution in [2.45, 2.75) is 32.4 Å². The maximum absolute atomic E-state index is 12.8. The summed E-state index contributed by atoms with van der Waals surface area (Å²) in [5.41, 5.74) is 2.39. The van der Waals surface area contributed by atoms with Crippen molar-refractivity contribution in [3.05, 3.63) is 58.9 Å². The van der Waals surface area contributed by atoms with Gasteiger partial charge in [0.25, 0.3) is 0 Å². The highest BCUT2D eigenvalue weighted by atomic mass is 35.5. The third kappa shape index (κ3) is 4.85. The molecule has 0 unspecified atom stereocenters. The fraction of sp³-hybridized carbons (Fsp3) is 0.391. The molecule has 2 fully saturated rings. The predicted molar refractivity (Wildman–Crippen MR) is 121 cm³/mol. The number of anilines is 1. The van der Waals surface area contributed by atoms with E-state index >= 15 is 0 Å². The molecule has 32 heavy (non-hydrogen) atoms. The second-order valence-electron chi connectivity index (χ2n) is 8.15. The second-order valence-corrected chi connectivity index (χ2v) is 8.59. The Kier molecular flexibility index (Phi) is 6.60. The minimum absolute atomic E-state index is 0.0413. The molecule has 0 bridgehead atoms. The van der Waals surface area contributed by atoms with Gasteiger partial charge in [-0.15, -0.1) is 0 Å². The molecule has 8 nitrogen and oxygen atoms in total. The Labute approximate surface area is 192 Å². The van der Waals surface area contributed by atoms with Crippen LogP contribution >= 0.6 is 11.6 Å². The van der Waals surface area contributed by atoms with Crippen molar-refractivity contribution in [2.24, 2.45) is 0 Å². The first-order valence-corrected chi connectivity index (χ1v) is 11.1. The molecular weight excluding hydrogens is 430 g/mol. The van der Waals surface area contributed by atoms with Gasteiger partial charge in [0.1, 0.15) is 0 Å². The number of carbonyl (C=O) groups is 3. The number of pyridine rings is 1. The Morgan fingerprint density at radius 3 is 2.59 bits per heavy atom. The number of piperidine rings is 1. The molecule has 0 radical (unpaired) electrons. The van der Waals surface area contributed by atoms with Crippen LogP contribution in [0.2, 0.25) is 5.02 Å². The lowest BCUT2D eigenvalue weighted by atomic mass is 10.0. The van der Waals surface area contributed by atoms with Crippen LogP contribution in [-0.2, 0) is 16.1 Å². The number of urea groups is 1. The number of likely N-dealkylation sites (tertiary alicyclic amines) is 1. The van der Waals surface area contributed by atoms with E-state index in [1.165, 1.54) is 0 Å². The van der Waals surface area contributed by atoms with Crippen LogP contribution < -0.4 is 5.32 Å². The summed E-state index contributed by atoms with van der Waals surface area (Å²) in [7, 11) is 0. The number of nitrogens with zero attached hydrogens (tertiary/aromatic N) is 4. The summed E-state index contributed by atoms with van der Waals surface area (Å²) in [6.45, 7) is 4.26. The summed E-state index contributed by atoms with van der Waals surface area (Å²) in [4.78, 5) is 47.3. The number of hydrogen-bond donors (Lipinski definition) is 1. The van der Waals surface area contributed by atoms with Crippen molar-refractivity contribution >= 4 is 35.1 Å². The van der Waals surface area contributed by atoms with Gasteiger partial charge in [0.05, 0.1) is 12.2 Å². The second kappa shape index (κ2) is 9.56. The van der Waals surface area contributed by atoms with Crippen LogP contribution in [0.25, 0.3) is 0 Å². The highest BCUT2D eigenvalue weighted by Crippen LogP contribution is 2.23. The molecule has 1 aromatic heterocycles. The van der Waals surface area contributed by atoms with Gasteiger partial charge < -0.3 is 20.0 Å². The maximum Gasteiger partial charge on any atom is 0.321 e. The van der Waals surface area contributed by atoms with Crippen molar-refractivity contribution in [3.63, 3.8) is 0 Å². The molecule has 4 rings (SSSR count). The third-order valence-electron chi connectivity index (χ3n) is 6.05. The summed E-state index contributed by atoms with van der Waals surface area (Å²) in [5.74, 6) is -0.955. The number of piperazine rings is 1. The number of carbonyl (C=O) groups excluding carboxylic acids is 3. The number of halogens is 1. The molecular formula is C23H26ClN5O3. The first-order valence-electron chi connectivity index (χ1n) is 10.7. The molecule has 2 aromatic rings. The lowest BCUT2D eigenvalue weighted by Crippen LogP contribution is -2.59. The van der Waals surface area contributed by atoms with Gasteiger partial charge in [-0.3, -0.25) is 14.6 Å². The molecule has 9 heteroatoms. The van der Waals surface area contributed by atoms with Crippen LogP contribution in [0.3, 0.4) is 0 Å². The van der Waals surface area contributed by atoms with Crippen molar-refractivity contribution in [3.8, 4) is 0 Å². The lowest BCUT2D eigenvalue weighted by molar-refractivity contribution is -0.158. The van der Waals surface area contributed by atoms with Gasteiger partial charge in [0, 0.05) is 49.1 Å². The van der Waals surface area contributed by atoms with E-state index in [0.29, 0.717) is 56.3 Å². The number of aryl methyl sites for hydroxylation is 1. The van der Waals surface area contributed by atoms with E-state index in [0.717, 1.165) is 11.3 Å². The summed E-state index contributed by atoms with van der Waals surface area (Å²) in [6, 6.07) is 10.7. The number of hydrogen-bond acceptors (Lipinski definition) is 4. The fourth-order valence-corrected chi connectivity index (χ4v) is 4.35. The largest absolute Gasteiger partial charge is 0.330 e. The van der Waals surface area contributed by atoms with Crippen molar-refractivity contribution in [2.75, 3.05) is 31.5 Å². The first kappa shape index (κ1) is 22.1. The minimum Gasteiger partial charge on any atom is -0.330 e. The zero-order valence-electron chi connectivity index (χ0n) is 18.0. The number of aromatic nitrogens is 1. The summed E-state index contributed by atoms with van der Waals surface area (Å²) in [5, 5.41) is 3.48. The van der Waals surface area contributed by atoms with E-state index in [2.05, 4.69) is 10.3 Å². The summed E-state index contributed by atoms with van der Waals surface area (Å²) >= 11 is 6.04. The topological polar surface area (TPSA) is 85.8 Å². The van der Waals surface area contributed by atoms with Crippen LogP contribution in [0.4, 0.5) is 10.5 Å². The monoisotopic (exact) mass is 455 g/mol. The van der Waals surface area contributed by atoms with Gasteiger partial charge in [0.15, 0.2) is 0 Å². The predicted octanol–water partition coefficient (Wildman–Crippen LogP) is 2.91. The van der Waals surface area contributed by atoms with Crippen LogP contribution in [-0.4, -0.2) is 69.8 Å². The van der Waals surface area contributed by atoms with Gasteiger partial charge in [-0.05, 0) is 49.6 Å². The Hall–Kier alpha value is -3.13. The molecule has 1 N–H and O–H groups in total. The lowest BCUT2D eigenvalue weighted by Gasteiger charge is -2.42. The molecule has 2 saturated heterocycles. The number of nitrogens with one attached hydrogen (secondary N) is 1. The average Bonchev–Trinajstić information content (AvgIpc) is 2.80. The Balaban J connectivity index is 1.30. The van der Waals surface area contributed by atoms with E-state index in [4.69, 9.17) is 11.6 Å². The van der Waals surface area contributed by atoms with Crippen molar-refractivity contribution < 1.29 is 14.4 Å². The molecule has 0 atom stereocenters. The van der Waals surface area contributed by atoms with Crippen LogP contribution in [0.1, 0.15) is 24.1 Å². The molecule has 0 saturated carbocycles. The molecule has 2 aliphatic heterocycles. The zero-order valence-corrected chi connectivity index (χ0v) is 18.7. The number of rotatable bonds is 4. The van der Waals surface area contributed by atoms with Gasteiger partial charge >= 0.3 is 17.8 Å². The molecule has 3 heterocycles. The van der Waals surface area contributed by atoms with E-state index in [1.54, 1.807) is 33.0 Å². The van der Waals surface area contributed by atoms with E-state index in [-0.39, 0.29) is 12.1 Å². The molecule has 1 aromatic carbocycles. The highest BCUT2D eigenvalue weighted by Gasteiger charge is 2.38. The Bertz CT molecular complexity index is 1010. The molecule has 4 amide bonds. The smallest absolute Gasteiger partial charge is 0.321 e. The van der Waals surface area contributed by atoms with Gasteiger partial charge in [-0.2, -0.15) is 0 Å². The fourth-order valence-electron chi connectivity index (χ4n) is 4.18. The Morgan fingerprint density at radius 1 is 1.09 bits per heavy atom. The van der Waals surface area contributed by atoms with Gasteiger partial charge in [-0.1, -0.05) is 23.7 Å². The Morgan fingerprint density at radius 2 is 1.88 bits per heavy atom. The maximum atomic E-state index is 12.8. The minimum atomic E-state index is -0.487. The SMILES string of the molecule is Cc1ccc(Cl)cc1NC(=O)N1CCC(N2CCN(Cc3ccccn3)C(=O)C2=O)CC1. The quantitative estimate of drug-likeness (QED) is 0.718. The summed E-state index contributed by atoms with van der Waals surface area (Å²) in [6.07, 6.45) is 2.96. The van der Waals surface area contributed by atoms with Crippen LogP contribution in [0.5, 0.6) is 0 Å². The molecule has 2 aliphatic rings. The first-order chi connectivity index (χ1) is 15.4. The summed E-state index contributed by atoms with van der Waals surface area (Å²) < 4.78 is 0. The average molecular weight is 456 g/mol.